The average molecular weight is 311 g/mol. The molecule has 9 heteroatoms. The molecular weight excluding hydrogens is 295 g/mol. The number of hydrogen-bond donors (Lipinski definition) is 3. The number of nitrogens with two attached hydrogens (primary N) is 1. The van der Waals surface area contributed by atoms with Crippen LogP contribution in [0.15, 0.2) is 0 Å². The molecule has 114 valence electrons. The van der Waals surface area contributed by atoms with E-state index in [0.717, 1.165) is 11.3 Å². The van der Waals surface area contributed by atoms with Gasteiger partial charge in [0.15, 0.2) is 5.75 Å². The number of nitrogens with one attached hydrogen (secondary N) is 2. The lowest BCUT2D eigenvalue weighted by molar-refractivity contribution is -0.136. The van der Waals surface area contributed by atoms with Crippen LogP contribution in [0.1, 0.15) is 23.0 Å². The van der Waals surface area contributed by atoms with Crippen LogP contribution in [-0.2, 0) is 0 Å². The molecule has 0 bridgehead atoms. The Morgan fingerprint density at radius 3 is 2.55 bits per heavy atom. The number of hydrogen-bond acceptors (Lipinski definition) is 5. The summed E-state index contributed by atoms with van der Waals surface area (Å²) in [5.74, 6) is -0.232. The summed E-state index contributed by atoms with van der Waals surface area (Å²) in [6.07, 6.45) is -5.27. The Hall–Kier alpha value is -1.64. The number of thiophene rings is 1. The minimum Gasteiger partial charge on any atom is -0.492 e. The molecular formula is C11H16F3N3O2S. The Morgan fingerprint density at radius 2 is 2.10 bits per heavy atom. The van der Waals surface area contributed by atoms with Crippen LogP contribution in [0.4, 0.5) is 23.9 Å². The van der Waals surface area contributed by atoms with Crippen LogP contribution in [-0.4, -0.2) is 32.3 Å². The number of halogens is 3. The molecule has 0 aromatic carbocycles. The minimum absolute atomic E-state index is 0.110. The van der Waals surface area contributed by atoms with Gasteiger partial charge >= 0.3 is 6.18 Å². The highest BCUT2D eigenvalue weighted by Crippen LogP contribution is 2.43. The molecule has 1 atom stereocenters. The molecule has 1 amide bonds. The number of anilines is 2. The van der Waals surface area contributed by atoms with E-state index >= 15 is 0 Å². The molecule has 0 spiro atoms. The number of carbonyl (C=O) groups excluding carboxylic acids is 1. The van der Waals surface area contributed by atoms with E-state index in [1.165, 1.54) is 21.1 Å². The minimum atomic E-state index is -4.27. The molecule has 0 saturated heterocycles. The van der Waals surface area contributed by atoms with Gasteiger partial charge in [-0.05, 0) is 6.92 Å². The lowest BCUT2D eigenvalue weighted by Gasteiger charge is -2.16. The van der Waals surface area contributed by atoms with Gasteiger partial charge in [-0.25, -0.2) is 0 Å². The molecule has 0 fully saturated rings. The van der Waals surface area contributed by atoms with Gasteiger partial charge in [0.25, 0.3) is 5.91 Å². The van der Waals surface area contributed by atoms with E-state index in [9.17, 15) is 18.0 Å². The van der Waals surface area contributed by atoms with E-state index < -0.39 is 24.5 Å². The van der Waals surface area contributed by atoms with E-state index in [1.54, 1.807) is 0 Å². The number of amides is 1. The van der Waals surface area contributed by atoms with E-state index in [0.29, 0.717) is 5.00 Å². The van der Waals surface area contributed by atoms with Crippen molar-refractivity contribution in [1.29, 1.82) is 0 Å². The van der Waals surface area contributed by atoms with Gasteiger partial charge in [-0.3, -0.25) is 4.79 Å². The quantitative estimate of drug-likeness (QED) is 0.781. The molecule has 0 saturated carbocycles. The third-order valence-corrected chi connectivity index (χ3v) is 3.57. The van der Waals surface area contributed by atoms with Crippen LogP contribution in [0.3, 0.4) is 0 Å². The Kier molecular flexibility index (Phi) is 5.09. The van der Waals surface area contributed by atoms with E-state index in [1.807, 2.05) is 0 Å². The Labute approximate surface area is 118 Å². The third-order valence-electron chi connectivity index (χ3n) is 2.45. The summed E-state index contributed by atoms with van der Waals surface area (Å²) >= 11 is 0.957. The first kappa shape index (κ1) is 16.4. The molecule has 20 heavy (non-hydrogen) atoms. The Morgan fingerprint density at radius 1 is 1.50 bits per heavy atom. The van der Waals surface area contributed by atoms with Gasteiger partial charge in [0.1, 0.15) is 15.6 Å². The zero-order chi connectivity index (χ0) is 15.5. The van der Waals surface area contributed by atoms with Crippen molar-refractivity contribution in [3.63, 3.8) is 0 Å². The topological polar surface area (TPSA) is 76.4 Å². The maximum Gasteiger partial charge on any atom is 0.391 e. The van der Waals surface area contributed by atoms with Crippen LogP contribution in [0, 0.1) is 0 Å². The number of rotatable bonds is 5. The molecule has 4 N–H and O–H groups in total. The molecule has 0 aliphatic heterocycles. The molecule has 0 radical (unpaired) electrons. The summed E-state index contributed by atoms with van der Waals surface area (Å²) in [7, 11) is 2.78. The molecule has 0 aliphatic carbocycles. The summed E-state index contributed by atoms with van der Waals surface area (Å²) < 4.78 is 41.9. The van der Waals surface area contributed by atoms with Gasteiger partial charge in [-0.1, -0.05) is 0 Å². The second-order valence-corrected chi connectivity index (χ2v) is 5.17. The highest BCUT2D eigenvalue weighted by atomic mass is 32.1. The highest BCUT2D eigenvalue weighted by Gasteiger charge is 2.31. The predicted octanol–water partition coefficient (Wildman–Crippen LogP) is 2.45. The van der Waals surface area contributed by atoms with Crippen LogP contribution in [0.25, 0.3) is 0 Å². The second kappa shape index (κ2) is 6.21. The number of alkyl halides is 3. The summed E-state index contributed by atoms with van der Waals surface area (Å²) in [4.78, 5) is 11.8. The molecule has 1 rings (SSSR count). The fourth-order valence-corrected chi connectivity index (χ4v) is 2.78. The molecule has 1 aromatic rings. The van der Waals surface area contributed by atoms with E-state index in [-0.39, 0.29) is 16.3 Å². The average Bonchev–Trinajstić information content (AvgIpc) is 2.62. The number of carbonyl (C=O) groups is 1. The second-order valence-electron chi connectivity index (χ2n) is 4.15. The normalized spacial score (nSPS) is 12.9. The van der Waals surface area contributed by atoms with Crippen molar-refractivity contribution in [2.24, 2.45) is 0 Å². The fourth-order valence-electron chi connectivity index (χ4n) is 1.63. The molecule has 0 aliphatic rings. The van der Waals surface area contributed by atoms with Gasteiger partial charge in [0.05, 0.1) is 13.5 Å². The standard InChI is InChI=1S/C11H16F3N3O2S/c1-5(4-11(12,13)14)17-10-7(19-3)6(15)8(20-10)9(18)16-2/h5,17H,4,15H2,1-3H3,(H,16,18). The van der Waals surface area contributed by atoms with Crippen LogP contribution < -0.4 is 21.1 Å². The van der Waals surface area contributed by atoms with Gasteiger partial charge in [-0.15, -0.1) is 11.3 Å². The zero-order valence-corrected chi connectivity index (χ0v) is 12.0. The maximum absolute atomic E-state index is 12.3. The van der Waals surface area contributed by atoms with Crippen molar-refractivity contribution in [1.82, 2.24) is 5.32 Å². The molecule has 5 nitrogen and oxygen atoms in total. The lowest BCUT2D eigenvalue weighted by Crippen LogP contribution is -2.23. The number of ether oxygens (including phenoxy) is 1. The highest BCUT2D eigenvalue weighted by molar-refractivity contribution is 7.19. The first-order chi connectivity index (χ1) is 9.19. The Balaban J connectivity index is 2.98. The monoisotopic (exact) mass is 311 g/mol. The third kappa shape index (κ3) is 3.92. The maximum atomic E-state index is 12.3. The van der Waals surface area contributed by atoms with Gasteiger partial charge in [-0.2, -0.15) is 13.2 Å². The SMILES string of the molecule is CNC(=O)c1sc(NC(C)CC(F)(F)F)c(OC)c1N. The first-order valence-corrected chi connectivity index (χ1v) is 6.52. The smallest absolute Gasteiger partial charge is 0.391 e. The number of methoxy groups -OCH3 is 1. The van der Waals surface area contributed by atoms with Crippen LogP contribution >= 0.6 is 11.3 Å². The Bertz CT molecular complexity index is 488. The van der Waals surface area contributed by atoms with Crippen molar-refractivity contribution < 1.29 is 22.7 Å². The zero-order valence-electron chi connectivity index (χ0n) is 11.2. The van der Waals surface area contributed by atoms with Crippen molar-refractivity contribution in [3.05, 3.63) is 4.88 Å². The number of nitrogen functional groups attached to an aromatic ring is 1. The van der Waals surface area contributed by atoms with Crippen molar-refractivity contribution in [3.8, 4) is 5.75 Å². The summed E-state index contributed by atoms with van der Waals surface area (Å²) in [5, 5.41) is 5.38. The fraction of sp³-hybridized carbons (Fsp3) is 0.545. The molecule has 1 unspecified atom stereocenters. The van der Waals surface area contributed by atoms with Crippen molar-refractivity contribution >= 4 is 27.9 Å². The van der Waals surface area contributed by atoms with Gasteiger partial charge in [0.2, 0.25) is 0 Å². The lowest BCUT2D eigenvalue weighted by atomic mass is 10.2. The van der Waals surface area contributed by atoms with Crippen molar-refractivity contribution in [2.75, 3.05) is 25.2 Å². The summed E-state index contributed by atoms with van der Waals surface area (Å²) in [6, 6.07) is -0.862. The molecule has 1 aromatic heterocycles. The van der Waals surface area contributed by atoms with Crippen LogP contribution in [0.5, 0.6) is 5.75 Å². The molecule has 1 heterocycles. The summed E-state index contributed by atoms with van der Waals surface area (Å²) in [6.45, 7) is 1.39. The van der Waals surface area contributed by atoms with Gasteiger partial charge < -0.3 is 21.1 Å². The van der Waals surface area contributed by atoms with E-state index in [4.69, 9.17) is 10.5 Å². The first-order valence-electron chi connectivity index (χ1n) is 5.71. The largest absolute Gasteiger partial charge is 0.492 e. The van der Waals surface area contributed by atoms with E-state index in [2.05, 4.69) is 10.6 Å². The van der Waals surface area contributed by atoms with Gasteiger partial charge in [0, 0.05) is 13.1 Å². The van der Waals surface area contributed by atoms with Crippen LogP contribution in [0.2, 0.25) is 0 Å². The summed E-state index contributed by atoms with van der Waals surface area (Å²) in [5.41, 5.74) is 5.87. The van der Waals surface area contributed by atoms with Crippen molar-refractivity contribution in [2.45, 2.75) is 25.6 Å². The predicted molar refractivity (Wildman–Crippen MR) is 72.4 cm³/mol.